The Bertz CT molecular complexity index is 639. The molecular formula is C15H19BrN4O. The molecule has 5 nitrogen and oxygen atoms in total. The topological polar surface area (TPSA) is 50.2 Å². The highest BCUT2D eigenvalue weighted by molar-refractivity contribution is 9.10. The van der Waals surface area contributed by atoms with Crippen LogP contribution in [0.2, 0.25) is 0 Å². The molecule has 0 aliphatic rings. The molecule has 0 bridgehead atoms. The smallest absolute Gasteiger partial charge is 0.268 e. The summed E-state index contributed by atoms with van der Waals surface area (Å²) in [7, 11) is 1.94. The number of nitrogens with one attached hydrogen (secondary N) is 1. The third-order valence-corrected chi connectivity index (χ3v) is 3.80. The van der Waals surface area contributed by atoms with Crippen LogP contribution in [0.25, 0.3) is 0 Å². The first-order chi connectivity index (χ1) is 10.1. The van der Waals surface area contributed by atoms with Gasteiger partial charge in [-0.3, -0.25) is 4.79 Å². The van der Waals surface area contributed by atoms with Gasteiger partial charge in [-0.2, -0.15) is 5.10 Å². The normalized spacial score (nSPS) is 10.4. The van der Waals surface area contributed by atoms with Gasteiger partial charge >= 0.3 is 0 Å². The molecule has 0 radical (unpaired) electrons. The zero-order valence-corrected chi connectivity index (χ0v) is 13.8. The summed E-state index contributed by atoms with van der Waals surface area (Å²) in [5.41, 5.74) is 1.79. The number of nitrogens with zero attached hydrogens (tertiary/aromatic N) is 3. The molecule has 1 aromatic heterocycles. The molecule has 0 fully saturated rings. The van der Waals surface area contributed by atoms with E-state index in [9.17, 15) is 4.79 Å². The quantitative estimate of drug-likeness (QED) is 0.869. The third kappa shape index (κ3) is 4.32. The Morgan fingerprint density at radius 3 is 2.67 bits per heavy atom. The Labute approximate surface area is 132 Å². The fourth-order valence-corrected chi connectivity index (χ4v) is 2.12. The second-order valence-electron chi connectivity index (χ2n) is 4.72. The lowest BCUT2D eigenvalue weighted by atomic mass is 10.3. The minimum atomic E-state index is -0.0783. The van der Waals surface area contributed by atoms with Crippen molar-refractivity contribution in [1.29, 1.82) is 0 Å². The Balaban J connectivity index is 1.94. The summed E-state index contributed by atoms with van der Waals surface area (Å²) in [6.45, 7) is 4.06. The number of benzene rings is 1. The Morgan fingerprint density at radius 1 is 1.33 bits per heavy atom. The number of halogens is 1. The van der Waals surface area contributed by atoms with Crippen LogP contribution in [0, 0.1) is 0 Å². The van der Waals surface area contributed by atoms with Crippen LogP contribution in [-0.4, -0.2) is 29.9 Å². The SMILES string of the molecule is CCN(C)c1cnn(CCNc2ccc(Br)cc2)c(=O)c1. The maximum atomic E-state index is 12.0. The van der Waals surface area contributed by atoms with E-state index in [0.29, 0.717) is 13.1 Å². The number of rotatable bonds is 6. The molecule has 0 atom stereocenters. The Kier molecular flexibility index (Phi) is 5.38. The van der Waals surface area contributed by atoms with E-state index >= 15 is 0 Å². The van der Waals surface area contributed by atoms with Crippen LogP contribution in [0.5, 0.6) is 0 Å². The first-order valence-corrected chi connectivity index (χ1v) is 7.67. The van der Waals surface area contributed by atoms with E-state index in [-0.39, 0.29) is 5.56 Å². The average molecular weight is 351 g/mol. The summed E-state index contributed by atoms with van der Waals surface area (Å²) >= 11 is 3.40. The van der Waals surface area contributed by atoms with Gasteiger partial charge in [0.25, 0.3) is 5.56 Å². The highest BCUT2D eigenvalue weighted by Crippen LogP contribution is 2.13. The van der Waals surface area contributed by atoms with Crippen LogP contribution in [0.15, 0.2) is 45.8 Å². The predicted molar refractivity (Wildman–Crippen MR) is 90.1 cm³/mol. The molecule has 112 valence electrons. The maximum absolute atomic E-state index is 12.0. The fourth-order valence-electron chi connectivity index (χ4n) is 1.86. The van der Waals surface area contributed by atoms with Gasteiger partial charge in [-0.15, -0.1) is 0 Å². The Hall–Kier alpha value is -1.82. The molecule has 0 aliphatic carbocycles. The summed E-state index contributed by atoms with van der Waals surface area (Å²) in [4.78, 5) is 14.0. The molecule has 6 heteroatoms. The minimum absolute atomic E-state index is 0.0783. The molecule has 21 heavy (non-hydrogen) atoms. The van der Waals surface area contributed by atoms with Crippen LogP contribution < -0.4 is 15.8 Å². The highest BCUT2D eigenvalue weighted by atomic mass is 79.9. The lowest BCUT2D eigenvalue weighted by molar-refractivity contribution is 0.597. The molecule has 0 amide bonds. The maximum Gasteiger partial charge on any atom is 0.268 e. The van der Waals surface area contributed by atoms with E-state index in [2.05, 4.69) is 26.3 Å². The Morgan fingerprint density at radius 2 is 2.05 bits per heavy atom. The van der Waals surface area contributed by atoms with Crippen molar-refractivity contribution < 1.29 is 0 Å². The van der Waals surface area contributed by atoms with Gasteiger partial charge in [0.2, 0.25) is 0 Å². The molecule has 2 rings (SSSR count). The van der Waals surface area contributed by atoms with E-state index in [1.165, 1.54) is 4.68 Å². The largest absolute Gasteiger partial charge is 0.383 e. The molecule has 1 aromatic carbocycles. The number of hydrogen-bond acceptors (Lipinski definition) is 4. The standard InChI is InChI=1S/C15H19BrN4O/c1-3-19(2)14-10-15(21)20(18-11-14)9-8-17-13-6-4-12(16)5-7-13/h4-7,10-11,17H,3,8-9H2,1-2H3. The fraction of sp³-hybridized carbons (Fsp3) is 0.333. The molecule has 1 heterocycles. The molecule has 0 unspecified atom stereocenters. The van der Waals surface area contributed by atoms with E-state index in [4.69, 9.17) is 0 Å². The van der Waals surface area contributed by atoms with E-state index < -0.39 is 0 Å². The first kappa shape index (κ1) is 15.6. The third-order valence-electron chi connectivity index (χ3n) is 3.27. The summed E-state index contributed by atoms with van der Waals surface area (Å²) in [6, 6.07) is 9.54. The summed E-state index contributed by atoms with van der Waals surface area (Å²) < 4.78 is 2.51. The second kappa shape index (κ2) is 7.26. The molecule has 0 saturated carbocycles. The lowest BCUT2D eigenvalue weighted by Crippen LogP contribution is -2.27. The van der Waals surface area contributed by atoms with Crippen molar-refractivity contribution in [1.82, 2.24) is 9.78 Å². The average Bonchev–Trinajstić information content (AvgIpc) is 2.50. The van der Waals surface area contributed by atoms with Crippen LogP contribution in [-0.2, 0) is 6.54 Å². The number of hydrogen-bond donors (Lipinski definition) is 1. The van der Waals surface area contributed by atoms with Crippen LogP contribution >= 0.6 is 15.9 Å². The van der Waals surface area contributed by atoms with Gasteiger partial charge in [-0.05, 0) is 31.2 Å². The summed E-state index contributed by atoms with van der Waals surface area (Å²) in [5, 5.41) is 7.47. The first-order valence-electron chi connectivity index (χ1n) is 6.88. The lowest BCUT2D eigenvalue weighted by Gasteiger charge is -2.16. The molecule has 0 spiro atoms. The van der Waals surface area contributed by atoms with Gasteiger partial charge in [-0.1, -0.05) is 15.9 Å². The van der Waals surface area contributed by atoms with E-state index in [1.807, 2.05) is 43.1 Å². The van der Waals surface area contributed by atoms with Gasteiger partial charge in [-0.25, -0.2) is 4.68 Å². The van der Waals surface area contributed by atoms with Crippen molar-refractivity contribution in [2.45, 2.75) is 13.5 Å². The second-order valence-corrected chi connectivity index (χ2v) is 5.64. The van der Waals surface area contributed by atoms with Gasteiger partial charge in [0.1, 0.15) is 0 Å². The van der Waals surface area contributed by atoms with Crippen LogP contribution in [0.3, 0.4) is 0 Å². The molecule has 2 aromatic rings. The van der Waals surface area contributed by atoms with Crippen molar-refractivity contribution in [3.05, 3.63) is 51.4 Å². The van der Waals surface area contributed by atoms with E-state index in [0.717, 1.165) is 22.4 Å². The molecular weight excluding hydrogens is 332 g/mol. The van der Waals surface area contributed by atoms with Crippen LogP contribution in [0.1, 0.15) is 6.92 Å². The van der Waals surface area contributed by atoms with Crippen molar-refractivity contribution >= 4 is 27.3 Å². The van der Waals surface area contributed by atoms with Gasteiger partial charge < -0.3 is 10.2 Å². The zero-order chi connectivity index (χ0) is 15.2. The summed E-state index contributed by atoms with van der Waals surface area (Å²) in [6.07, 6.45) is 1.73. The van der Waals surface area contributed by atoms with Crippen molar-refractivity contribution in [2.24, 2.45) is 0 Å². The van der Waals surface area contributed by atoms with Gasteiger partial charge in [0.15, 0.2) is 0 Å². The van der Waals surface area contributed by atoms with Crippen LogP contribution in [0.4, 0.5) is 11.4 Å². The summed E-state index contributed by atoms with van der Waals surface area (Å²) in [5.74, 6) is 0. The monoisotopic (exact) mass is 350 g/mol. The number of aromatic nitrogens is 2. The van der Waals surface area contributed by atoms with Crippen molar-refractivity contribution in [2.75, 3.05) is 30.4 Å². The number of anilines is 2. The van der Waals surface area contributed by atoms with Gasteiger partial charge in [0, 0.05) is 36.4 Å². The molecule has 1 N–H and O–H groups in total. The highest BCUT2D eigenvalue weighted by Gasteiger charge is 2.03. The molecule has 0 aliphatic heterocycles. The predicted octanol–water partition coefficient (Wildman–Crippen LogP) is 2.57. The zero-order valence-electron chi connectivity index (χ0n) is 12.2. The molecule has 0 saturated heterocycles. The van der Waals surface area contributed by atoms with Crippen molar-refractivity contribution in [3.63, 3.8) is 0 Å². The van der Waals surface area contributed by atoms with Gasteiger partial charge in [0.05, 0.1) is 18.4 Å². The van der Waals surface area contributed by atoms with E-state index in [1.54, 1.807) is 12.3 Å². The van der Waals surface area contributed by atoms with Crippen molar-refractivity contribution in [3.8, 4) is 0 Å². The minimum Gasteiger partial charge on any atom is -0.383 e.